The molecule has 1 amide bonds. The molecule has 1 aromatic carbocycles. The van der Waals surface area contributed by atoms with Crippen LogP contribution in [0, 0.1) is 5.41 Å². The Bertz CT molecular complexity index is 1270. The van der Waals surface area contributed by atoms with Crippen molar-refractivity contribution in [2.45, 2.75) is 12.8 Å². The summed E-state index contributed by atoms with van der Waals surface area (Å²) in [7, 11) is 7.56. The largest absolute Gasteiger partial charge is 0.495 e. The van der Waals surface area contributed by atoms with Crippen LogP contribution in [0.25, 0.3) is 5.70 Å². The predicted molar refractivity (Wildman–Crippen MR) is 150 cm³/mol. The second-order valence-corrected chi connectivity index (χ2v) is 8.79. The van der Waals surface area contributed by atoms with Crippen LogP contribution in [-0.4, -0.2) is 61.3 Å². The third kappa shape index (κ3) is 7.60. The molecule has 2 aromatic rings. The van der Waals surface area contributed by atoms with Gasteiger partial charge in [0, 0.05) is 23.5 Å². The van der Waals surface area contributed by atoms with Crippen molar-refractivity contribution in [1.82, 2.24) is 14.9 Å². The minimum absolute atomic E-state index is 0.329. The summed E-state index contributed by atoms with van der Waals surface area (Å²) in [5.74, 6) is 0.628. The summed E-state index contributed by atoms with van der Waals surface area (Å²) in [5.41, 5.74) is 6.09. The van der Waals surface area contributed by atoms with Crippen molar-refractivity contribution in [1.29, 1.82) is 5.41 Å². The monoisotopic (exact) mass is 522 g/mol. The Kier molecular flexibility index (Phi) is 10.1. The highest BCUT2D eigenvalue weighted by atomic mass is 35.5. The van der Waals surface area contributed by atoms with Gasteiger partial charge in [-0.15, -0.1) is 0 Å². The van der Waals surface area contributed by atoms with Crippen molar-refractivity contribution in [2.75, 3.05) is 45.4 Å². The van der Waals surface area contributed by atoms with Gasteiger partial charge >= 0.3 is 0 Å². The Morgan fingerprint density at radius 2 is 2.03 bits per heavy atom. The number of methoxy groups -OCH3 is 1. The van der Waals surface area contributed by atoms with E-state index in [0.29, 0.717) is 34.5 Å². The van der Waals surface area contributed by atoms with Gasteiger partial charge in [0.05, 0.1) is 31.1 Å². The topological polar surface area (TPSA) is 120 Å². The normalized spacial score (nSPS) is 14.4. The lowest BCUT2D eigenvalue weighted by Gasteiger charge is -2.18. The number of hydrogen-bond donors (Lipinski definition) is 4. The van der Waals surface area contributed by atoms with Crippen LogP contribution in [0.5, 0.6) is 5.75 Å². The molecule has 1 aromatic heterocycles. The number of rotatable bonds is 11. The molecule has 0 unspecified atom stereocenters. The molecule has 0 fully saturated rings. The van der Waals surface area contributed by atoms with Gasteiger partial charge in [-0.25, -0.2) is 9.97 Å². The third-order valence-electron chi connectivity index (χ3n) is 5.63. The molecule has 1 aliphatic rings. The van der Waals surface area contributed by atoms with Crippen LogP contribution < -0.4 is 20.7 Å². The first kappa shape index (κ1) is 27.8. The highest BCUT2D eigenvalue weighted by Gasteiger charge is 2.18. The van der Waals surface area contributed by atoms with Gasteiger partial charge in [-0.05, 0) is 69.4 Å². The van der Waals surface area contributed by atoms with Crippen molar-refractivity contribution in [3.05, 3.63) is 77.1 Å². The average Bonchev–Trinajstić information content (AvgIpc) is 2.87. The maximum Gasteiger partial charge on any atom is 0.249 e. The molecule has 37 heavy (non-hydrogen) atoms. The highest BCUT2D eigenvalue weighted by molar-refractivity contribution is 6.27. The van der Waals surface area contributed by atoms with Gasteiger partial charge in [0.25, 0.3) is 0 Å². The van der Waals surface area contributed by atoms with E-state index in [4.69, 9.17) is 26.7 Å². The minimum Gasteiger partial charge on any atom is -0.495 e. The van der Waals surface area contributed by atoms with E-state index < -0.39 is 0 Å². The molecule has 0 bridgehead atoms. The molecule has 0 saturated carbocycles. The molecule has 0 aliphatic heterocycles. The SMILES string of the molecule is C[NH2+]/C(=C1/C=CC=CC1=N)c1ccnc(Nc2cc(NC(=O)/C=C/Cl)c(CCCN(C)C)cc2OC)n1. The van der Waals surface area contributed by atoms with Gasteiger partial charge in [-0.2, -0.15) is 0 Å². The Morgan fingerprint density at radius 1 is 1.24 bits per heavy atom. The average molecular weight is 523 g/mol. The molecule has 10 heteroatoms. The van der Waals surface area contributed by atoms with Crippen LogP contribution in [-0.2, 0) is 11.2 Å². The van der Waals surface area contributed by atoms with Gasteiger partial charge in [0.2, 0.25) is 11.9 Å². The van der Waals surface area contributed by atoms with Gasteiger partial charge in [0.15, 0.2) is 5.70 Å². The van der Waals surface area contributed by atoms with Crippen molar-refractivity contribution in [3.8, 4) is 5.75 Å². The number of halogens is 1. The Hall–Kier alpha value is -3.79. The lowest BCUT2D eigenvalue weighted by molar-refractivity contribution is -0.531. The number of benzene rings is 1. The lowest BCUT2D eigenvalue weighted by Crippen LogP contribution is -2.76. The predicted octanol–water partition coefficient (Wildman–Crippen LogP) is 3.46. The van der Waals surface area contributed by atoms with Crippen LogP contribution in [0.2, 0.25) is 0 Å². The second kappa shape index (κ2) is 13.5. The summed E-state index contributed by atoms with van der Waals surface area (Å²) in [6.07, 6.45) is 12.0. The van der Waals surface area contributed by atoms with E-state index in [-0.39, 0.29) is 5.91 Å². The van der Waals surface area contributed by atoms with Gasteiger partial charge in [-0.3, -0.25) is 4.79 Å². The zero-order valence-corrected chi connectivity index (χ0v) is 22.3. The van der Waals surface area contributed by atoms with E-state index in [2.05, 4.69) is 20.5 Å². The van der Waals surface area contributed by atoms with Crippen molar-refractivity contribution >= 4 is 46.2 Å². The first-order valence-corrected chi connectivity index (χ1v) is 12.3. The summed E-state index contributed by atoms with van der Waals surface area (Å²) in [6.45, 7) is 0.909. The summed E-state index contributed by atoms with van der Waals surface area (Å²) >= 11 is 5.60. The molecule has 0 atom stereocenters. The number of quaternary nitrogens is 1. The number of amides is 1. The summed E-state index contributed by atoms with van der Waals surface area (Å²) in [6, 6.07) is 5.53. The summed E-state index contributed by atoms with van der Waals surface area (Å²) in [4.78, 5) is 23.5. The van der Waals surface area contributed by atoms with Crippen LogP contribution >= 0.6 is 11.6 Å². The smallest absolute Gasteiger partial charge is 0.249 e. The molecular weight excluding hydrogens is 490 g/mol. The fourth-order valence-electron chi connectivity index (χ4n) is 3.88. The Balaban J connectivity index is 1.97. The van der Waals surface area contributed by atoms with Gasteiger partial charge < -0.3 is 31.0 Å². The van der Waals surface area contributed by atoms with E-state index >= 15 is 0 Å². The minimum atomic E-state index is -0.329. The first-order valence-electron chi connectivity index (χ1n) is 11.9. The van der Waals surface area contributed by atoms with Gasteiger partial charge in [0.1, 0.15) is 11.4 Å². The van der Waals surface area contributed by atoms with E-state index in [0.717, 1.165) is 36.2 Å². The number of carbonyl (C=O) groups excluding carboxylic acids is 1. The standard InChI is InChI=1S/C27H32ClN7O2/c1-30-26(19-9-5-6-10-20(19)29)21-12-14-31-27(33-21)34-23-17-22(32-25(36)11-13-28)18(16-24(23)37-4)8-7-15-35(2)3/h5-6,9-14,16-17,29-30H,7-8,15H2,1-4H3,(H,32,36)(H,31,33,34)/p+1/b13-11+,26-19-,29-20?. The number of carbonyl (C=O) groups is 1. The Labute approximate surface area is 222 Å². The number of allylic oxidation sites excluding steroid dienone is 5. The lowest BCUT2D eigenvalue weighted by atomic mass is 10.0. The molecule has 3 rings (SSSR count). The third-order valence-corrected chi connectivity index (χ3v) is 5.76. The number of hydrogen-bond acceptors (Lipinski definition) is 7. The van der Waals surface area contributed by atoms with Crippen molar-refractivity contribution < 1.29 is 14.8 Å². The van der Waals surface area contributed by atoms with Crippen LogP contribution in [0.15, 0.2) is 65.9 Å². The van der Waals surface area contributed by atoms with E-state index in [9.17, 15) is 4.79 Å². The molecule has 0 spiro atoms. The molecule has 5 N–H and O–H groups in total. The quantitative estimate of drug-likeness (QED) is 0.335. The fourth-order valence-corrected chi connectivity index (χ4v) is 3.99. The number of nitrogens with one attached hydrogen (secondary N) is 3. The summed E-state index contributed by atoms with van der Waals surface area (Å²) < 4.78 is 5.66. The molecular formula is C27H33ClN7O2+. The van der Waals surface area contributed by atoms with Crippen molar-refractivity contribution in [2.24, 2.45) is 0 Å². The van der Waals surface area contributed by atoms with E-state index in [1.165, 1.54) is 11.6 Å². The Morgan fingerprint density at radius 3 is 2.70 bits per heavy atom. The summed E-state index contributed by atoms with van der Waals surface area (Å²) in [5, 5.41) is 16.3. The molecule has 0 radical (unpaired) electrons. The number of aromatic nitrogens is 2. The van der Waals surface area contributed by atoms with E-state index in [1.807, 2.05) is 62.9 Å². The van der Waals surface area contributed by atoms with Crippen LogP contribution in [0.4, 0.5) is 17.3 Å². The number of anilines is 3. The van der Waals surface area contributed by atoms with Gasteiger partial charge in [-0.1, -0.05) is 23.8 Å². The molecule has 194 valence electrons. The fraction of sp³-hybridized carbons (Fsp3) is 0.259. The molecule has 9 nitrogen and oxygen atoms in total. The number of ether oxygens (including phenoxy) is 1. The zero-order chi connectivity index (χ0) is 26.8. The zero-order valence-electron chi connectivity index (χ0n) is 21.5. The van der Waals surface area contributed by atoms with Crippen molar-refractivity contribution in [3.63, 3.8) is 0 Å². The van der Waals surface area contributed by atoms with E-state index in [1.54, 1.807) is 19.4 Å². The van der Waals surface area contributed by atoms with Crippen LogP contribution in [0.3, 0.4) is 0 Å². The number of aryl methyl sites for hydroxylation is 1. The number of nitrogens with zero attached hydrogens (tertiary/aromatic N) is 3. The van der Waals surface area contributed by atoms with Crippen LogP contribution in [0.1, 0.15) is 17.7 Å². The number of nitrogens with two attached hydrogens (primary N) is 1. The molecule has 0 saturated heterocycles. The maximum absolute atomic E-state index is 12.3. The second-order valence-electron chi connectivity index (χ2n) is 8.54. The highest BCUT2D eigenvalue weighted by Crippen LogP contribution is 2.34. The first-order chi connectivity index (χ1) is 17.9. The maximum atomic E-state index is 12.3. The molecule has 1 aliphatic carbocycles. The molecule has 1 heterocycles.